The van der Waals surface area contributed by atoms with Gasteiger partial charge in [-0.25, -0.2) is 0 Å². The molecule has 2 aromatic rings. The molecule has 22 heavy (non-hydrogen) atoms. The molecule has 0 radical (unpaired) electrons. The van der Waals surface area contributed by atoms with Crippen molar-refractivity contribution in [3.63, 3.8) is 0 Å². The van der Waals surface area contributed by atoms with Gasteiger partial charge in [-0.2, -0.15) is 5.26 Å². The van der Waals surface area contributed by atoms with Gasteiger partial charge in [0.1, 0.15) is 0 Å². The van der Waals surface area contributed by atoms with E-state index in [1.807, 2.05) is 0 Å². The number of rotatable bonds is 3. The number of halogens is 3. The second-order valence-electron chi connectivity index (χ2n) is 4.35. The average molecular weight is 355 g/mol. The van der Waals surface area contributed by atoms with Crippen molar-refractivity contribution in [1.29, 1.82) is 5.26 Å². The van der Waals surface area contributed by atoms with E-state index >= 15 is 0 Å². The highest BCUT2D eigenvalue weighted by molar-refractivity contribution is 6.36. The van der Waals surface area contributed by atoms with Gasteiger partial charge >= 0.3 is 0 Å². The molecular weight excluding hydrogens is 345 g/mol. The summed E-state index contributed by atoms with van der Waals surface area (Å²) in [6, 6.07) is 10.1. The number of hydrogen-bond donors (Lipinski definition) is 1. The van der Waals surface area contributed by atoms with Crippen LogP contribution in [0.4, 0.5) is 0 Å². The zero-order valence-electron chi connectivity index (χ0n) is 11.4. The van der Waals surface area contributed by atoms with Crippen molar-refractivity contribution in [2.24, 2.45) is 0 Å². The first kappa shape index (κ1) is 16.5. The molecule has 0 aromatic heterocycles. The fraction of sp³-hybridized carbons (Fsp3) is 0.0625. The summed E-state index contributed by atoms with van der Waals surface area (Å²) in [7, 11) is 1.42. The van der Waals surface area contributed by atoms with Crippen molar-refractivity contribution in [1.82, 2.24) is 0 Å². The molecule has 0 amide bonds. The van der Waals surface area contributed by atoms with Gasteiger partial charge in [-0.05, 0) is 35.9 Å². The second-order valence-corrected chi connectivity index (χ2v) is 5.60. The van der Waals surface area contributed by atoms with Gasteiger partial charge < -0.3 is 9.84 Å². The van der Waals surface area contributed by atoms with Crippen LogP contribution in [-0.2, 0) is 0 Å². The second kappa shape index (κ2) is 6.93. The Kier molecular flexibility index (Phi) is 5.20. The summed E-state index contributed by atoms with van der Waals surface area (Å²) >= 11 is 17.9. The Labute approximate surface area is 142 Å². The zero-order chi connectivity index (χ0) is 16.3. The molecule has 0 atom stereocenters. The Bertz CT molecular complexity index is 795. The molecule has 112 valence electrons. The Morgan fingerprint density at radius 3 is 2.50 bits per heavy atom. The first-order valence-electron chi connectivity index (χ1n) is 6.10. The molecule has 0 spiro atoms. The van der Waals surface area contributed by atoms with Gasteiger partial charge in [0.25, 0.3) is 0 Å². The maximum Gasteiger partial charge on any atom is 0.176 e. The fourth-order valence-electron chi connectivity index (χ4n) is 1.88. The summed E-state index contributed by atoms with van der Waals surface area (Å²) < 4.78 is 5.04. The highest BCUT2D eigenvalue weighted by atomic mass is 35.5. The maximum absolute atomic E-state index is 9.73. The topological polar surface area (TPSA) is 53.2 Å². The molecule has 0 saturated heterocycles. The van der Waals surface area contributed by atoms with Gasteiger partial charge in [-0.15, -0.1) is 0 Å². The molecule has 0 heterocycles. The number of nitriles is 1. The average Bonchev–Trinajstić information content (AvgIpc) is 2.48. The third-order valence-electron chi connectivity index (χ3n) is 2.92. The third kappa shape index (κ3) is 3.48. The predicted octanol–water partition coefficient (Wildman–Crippen LogP) is 5.43. The molecule has 3 nitrogen and oxygen atoms in total. The minimum atomic E-state index is -0.149. The summed E-state index contributed by atoms with van der Waals surface area (Å²) in [6.07, 6.45) is 1.60. The first-order valence-corrected chi connectivity index (χ1v) is 7.23. The molecule has 6 heteroatoms. The van der Waals surface area contributed by atoms with Crippen molar-refractivity contribution in [3.05, 3.63) is 56.5 Å². The number of nitrogens with zero attached hydrogens (tertiary/aromatic N) is 1. The Morgan fingerprint density at radius 2 is 1.91 bits per heavy atom. The summed E-state index contributed by atoms with van der Waals surface area (Å²) in [5.41, 5.74) is 1.49. The molecule has 0 bridgehead atoms. The zero-order valence-corrected chi connectivity index (χ0v) is 13.7. The van der Waals surface area contributed by atoms with Crippen LogP contribution in [0.3, 0.4) is 0 Å². The molecule has 0 aliphatic rings. The van der Waals surface area contributed by atoms with E-state index < -0.39 is 0 Å². The van der Waals surface area contributed by atoms with Crippen molar-refractivity contribution in [2.45, 2.75) is 0 Å². The Balaban J connectivity index is 2.54. The monoisotopic (exact) mass is 353 g/mol. The van der Waals surface area contributed by atoms with Gasteiger partial charge in [0.05, 0.1) is 28.8 Å². The minimum absolute atomic E-state index is 0.130. The van der Waals surface area contributed by atoms with Crippen LogP contribution in [0, 0.1) is 11.3 Å². The number of ether oxygens (including phenoxy) is 1. The van der Waals surface area contributed by atoms with Crippen molar-refractivity contribution < 1.29 is 9.84 Å². The third-order valence-corrected chi connectivity index (χ3v) is 3.76. The quantitative estimate of drug-likeness (QED) is 0.591. The lowest BCUT2D eigenvalue weighted by molar-refractivity contribution is 0.373. The molecule has 2 aromatic carbocycles. The molecule has 2 rings (SSSR count). The van der Waals surface area contributed by atoms with E-state index in [1.165, 1.54) is 13.2 Å². The van der Waals surface area contributed by atoms with Crippen molar-refractivity contribution in [2.75, 3.05) is 7.11 Å². The highest BCUT2D eigenvalue weighted by Crippen LogP contribution is 2.36. The molecule has 0 fully saturated rings. The standard InChI is InChI=1S/C16H10Cl3NO2/c1-22-15-6-9(5-14(19)16(15)21)4-10(8-20)12-3-2-11(17)7-13(12)18/h2-7,21H,1H3/b10-4+. The van der Waals surface area contributed by atoms with Gasteiger partial charge in [-0.3, -0.25) is 0 Å². The molecule has 0 saturated carbocycles. The lowest BCUT2D eigenvalue weighted by Crippen LogP contribution is -1.88. The molecule has 1 N–H and O–H groups in total. The van der Waals surface area contributed by atoms with E-state index in [-0.39, 0.29) is 16.5 Å². The molecule has 0 aliphatic carbocycles. The highest BCUT2D eigenvalue weighted by Gasteiger charge is 2.11. The van der Waals surface area contributed by atoms with E-state index in [1.54, 1.807) is 30.3 Å². The van der Waals surface area contributed by atoms with Crippen molar-refractivity contribution in [3.8, 4) is 17.6 Å². The van der Waals surface area contributed by atoms with Crippen LogP contribution in [0.25, 0.3) is 11.6 Å². The van der Waals surface area contributed by atoms with E-state index in [4.69, 9.17) is 39.5 Å². The van der Waals surface area contributed by atoms with E-state index in [2.05, 4.69) is 6.07 Å². The smallest absolute Gasteiger partial charge is 0.176 e. The number of benzene rings is 2. The first-order chi connectivity index (χ1) is 10.5. The van der Waals surface area contributed by atoms with Gasteiger partial charge in [0.2, 0.25) is 0 Å². The number of phenols is 1. The van der Waals surface area contributed by atoms with Gasteiger partial charge in [-0.1, -0.05) is 40.9 Å². The molecular formula is C16H10Cl3NO2. The number of phenolic OH excluding ortho intramolecular Hbond substituents is 1. The van der Waals surface area contributed by atoms with Crippen LogP contribution in [0.5, 0.6) is 11.5 Å². The van der Waals surface area contributed by atoms with Gasteiger partial charge in [0, 0.05) is 10.6 Å². The number of aromatic hydroxyl groups is 1. The van der Waals surface area contributed by atoms with Crippen LogP contribution < -0.4 is 4.74 Å². The number of hydrogen-bond acceptors (Lipinski definition) is 3. The molecule has 0 unspecified atom stereocenters. The lowest BCUT2D eigenvalue weighted by atomic mass is 10.0. The molecule has 0 aliphatic heterocycles. The minimum Gasteiger partial charge on any atom is -0.503 e. The van der Waals surface area contributed by atoms with Crippen LogP contribution in [0.2, 0.25) is 15.1 Å². The Hall–Kier alpha value is -1.86. The largest absolute Gasteiger partial charge is 0.503 e. The van der Waals surface area contributed by atoms with Crippen LogP contribution in [0.1, 0.15) is 11.1 Å². The van der Waals surface area contributed by atoms with Crippen molar-refractivity contribution >= 4 is 46.5 Å². The SMILES string of the molecule is COc1cc(/C=C(\C#N)c2ccc(Cl)cc2Cl)cc(Cl)c1O. The fourth-order valence-corrected chi connectivity index (χ4v) is 2.61. The van der Waals surface area contributed by atoms with Gasteiger partial charge in [0.15, 0.2) is 11.5 Å². The van der Waals surface area contributed by atoms with Crippen LogP contribution >= 0.6 is 34.8 Å². The predicted molar refractivity (Wildman–Crippen MR) is 89.6 cm³/mol. The number of allylic oxidation sites excluding steroid dienone is 1. The number of methoxy groups -OCH3 is 1. The summed E-state index contributed by atoms with van der Waals surface area (Å²) in [4.78, 5) is 0. The normalized spacial score (nSPS) is 11.1. The lowest BCUT2D eigenvalue weighted by Gasteiger charge is -2.07. The van der Waals surface area contributed by atoms with E-state index in [9.17, 15) is 10.4 Å². The summed E-state index contributed by atoms with van der Waals surface area (Å²) in [6.45, 7) is 0. The van der Waals surface area contributed by atoms with Crippen LogP contribution in [0.15, 0.2) is 30.3 Å². The summed E-state index contributed by atoms with van der Waals surface area (Å²) in [5.74, 6) is 0.0718. The Morgan fingerprint density at radius 1 is 1.18 bits per heavy atom. The van der Waals surface area contributed by atoms with E-state index in [0.717, 1.165) is 0 Å². The van der Waals surface area contributed by atoms with E-state index in [0.29, 0.717) is 26.7 Å². The van der Waals surface area contributed by atoms with Crippen LogP contribution in [-0.4, -0.2) is 12.2 Å². The maximum atomic E-state index is 9.73. The summed E-state index contributed by atoms with van der Waals surface area (Å²) in [5, 5.41) is 20.1.